The Hall–Kier alpha value is -2.10. The van der Waals surface area contributed by atoms with Gasteiger partial charge < -0.3 is 0 Å². The highest BCUT2D eigenvalue weighted by atomic mass is 35.5. The van der Waals surface area contributed by atoms with E-state index in [1.54, 1.807) is 24.3 Å². The molecular weight excluding hydrogens is 315 g/mol. The summed E-state index contributed by atoms with van der Waals surface area (Å²) in [5.74, 6) is -0.875. The topological polar surface area (TPSA) is 70.0 Å². The molecule has 0 aliphatic rings. The highest BCUT2D eigenvalue weighted by molar-refractivity contribution is 7.91. The van der Waals surface area contributed by atoms with Gasteiger partial charge in [-0.15, -0.1) is 0 Å². The van der Waals surface area contributed by atoms with Crippen LogP contribution in [-0.4, -0.2) is 8.42 Å². The van der Waals surface area contributed by atoms with Gasteiger partial charge >= 0.3 is 0 Å². The van der Waals surface area contributed by atoms with Crippen LogP contribution in [0.1, 0.15) is 11.1 Å². The van der Waals surface area contributed by atoms with E-state index in [-0.39, 0.29) is 16.5 Å². The van der Waals surface area contributed by atoms with Gasteiger partial charge in [-0.1, -0.05) is 23.7 Å². The van der Waals surface area contributed by atoms with Crippen molar-refractivity contribution < 1.29 is 12.8 Å². The monoisotopic (exact) mass is 324 g/mol. The van der Waals surface area contributed by atoms with Crippen LogP contribution in [0, 0.1) is 17.1 Å². The van der Waals surface area contributed by atoms with Crippen LogP contribution < -0.4 is 4.72 Å². The fraction of sp³-hybridized carbons (Fsp3) is 0.0714. The molecule has 0 heterocycles. The Bertz CT molecular complexity index is 799. The van der Waals surface area contributed by atoms with E-state index in [0.29, 0.717) is 11.1 Å². The summed E-state index contributed by atoms with van der Waals surface area (Å²) >= 11 is 5.60. The van der Waals surface area contributed by atoms with Crippen LogP contribution in [0.25, 0.3) is 0 Å². The molecule has 0 atom stereocenters. The maximum atomic E-state index is 13.0. The number of anilines is 1. The quantitative estimate of drug-likeness (QED) is 0.938. The second-order valence-corrected chi connectivity index (χ2v) is 6.43. The Morgan fingerprint density at radius 2 is 1.86 bits per heavy atom. The lowest BCUT2D eigenvalue weighted by atomic mass is 10.2. The highest BCUT2D eigenvalue weighted by Gasteiger charge is 2.13. The second kappa shape index (κ2) is 6.12. The van der Waals surface area contributed by atoms with Gasteiger partial charge in [-0.05, 0) is 35.9 Å². The molecule has 0 amide bonds. The molecule has 0 unspecified atom stereocenters. The van der Waals surface area contributed by atoms with E-state index in [4.69, 9.17) is 16.9 Å². The van der Waals surface area contributed by atoms with Crippen molar-refractivity contribution in [3.8, 4) is 6.07 Å². The number of rotatable bonds is 4. The van der Waals surface area contributed by atoms with Crippen LogP contribution in [0.3, 0.4) is 0 Å². The summed E-state index contributed by atoms with van der Waals surface area (Å²) in [4.78, 5) is 0. The first kappa shape index (κ1) is 15.3. The van der Waals surface area contributed by atoms with Gasteiger partial charge in [-0.2, -0.15) is 5.26 Å². The molecule has 21 heavy (non-hydrogen) atoms. The fourth-order valence-electron chi connectivity index (χ4n) is 1.67. The number of nitrogens with zero attached hydrogens (tertiary/aromatic N) is 1. The van der Waals surface area contributed by atoms with Crippen LogP contribution >= 0.6 is 11.6 Å². The molecule has 0 fully saturated rings. The zero-order chi connectivity index (χ0) is 15.5. The lowest BCUT2D eigenvalue weighted by Gasteiger charge is -2.08. The molecule has 0 saturated heterocycles. The zero-order valence-electron chi connectivity index (χ0n) is 10.7. The van der Waals surface area contributed by atoms with E-state index in [2.05, 4.69) is 4.72 Å². The summed E-state index contributed by atoms with van der Waals surface area (Å²) < 4.78 is 39.3. The van der Waals surface area contributed by atoms with Gasteiger partial charge in [-0.25, -0.2) is 12.8 Å². The molecular formula is C14H10ClFN2O2S. The molecule has 2 aromatic rings. The van der Waals surface area contributed by atoms with Gasteiger partial charge in [0, 0.05) is 0 Å². The normalized spacial score (nSPS) is 10.9. The van der Waals surface area contributed by atoms with E-state index in [9.17, 15) is 12.8 Å². The molecule has 2 rings (SSSR count). The van der Waals surface area contributed by atoms with Crippen LogP contribution in [0.15, 0.2) is 42.5 Å². The number of hydrogen-bond acceptors (Lipinski definition) is 3. The smallest absolute Gasteiger partial charge is 0.236 e. The summed E-state index contributed by atoms with van der Waals surface area (Å²) in [5.41, 5.74) is 1.18. The Kier molecular flexibility index (Phi) is 4.46. The predicted octanol–water partition coefficient (Wildman–Crippen LogP) is 3.29. The van der Waals surface area contributed by atoms with Crippen LogP contribution in [-0.2, 0) is 15.8 Å². The lowest BCUT2D eigenvalue weighted by Crippen LogP contribution is -2.15. The van der Waals surface area contributed by atoms with Crippen molar-refractivity contribution in [1.82, 2.24) is 0 Å². The standard InChI is InChI=1S/C14H10ClFN2O2S/c15-13-7-12(5-6-14(13)16)18-21(19,20)9-11-3-1-10(8-17)2-4-11/h1-7,18H,9H2. The molecule has 7 heteroatoms. The number of sulfonamides is 1. The van der Waals surface area contributed by atoms with Crippen LogP contribution in [0.4, 0.5) is 10.1 Å². The van der Waals surface area contributed by atoms with E-state index in [0.717, 1.165) is 6.07 Å². The Morgan fingerprint density at radius 3 is 2.43 bits per heavy atom. The highest BCUT2D eigenvalue weighted by Crippen LogP contribution is 2.21. The molecule has 1 N–H and O–H groups in total. The summed E-state index contributed by atoms with van der Waals surface area (Å²) in [6.07, 6.45) is 0. The van der Waals surface area contributed by atoms with Crippen molar-refractivity contribution >= 4 is 27.3 Å². The fourth-order valence-corrected chi connectivity index (χ4v) is 3.04. The molecule has 108 valence electrons. The molecule has 0 saturated carbocycles. The molecule has 2 aromatic carbocycles. The first-order valence-corrected chi connectivity index (χ1v) is 7.87. The molecule has 0 aromatic heterocycles. The Balaban J connectivity index is 2.14. The molecule has 0 spiro atoms. The first-order chi connectivity index (χ1) is 9.89. The van der Waals surface area contributed by atoms with Crippen LogP contribution in [0.5, 0.6) is 0 Å². The van der Waals surface area contributed by atoms with Crippen LogP contribution in [0.2, 0.25) is 5.02 Å². The molecule has 4 nitrogen and oxygen atoms in total. The minimum atomic E-state index is -3.65. The first-order valence-electron chi connectivity index (χ1n) is 5.84. The SMILES string of the molecule is N#Cc1ccc(CS(=O)(=O)Nc2ccc(F)c(Cl)c2)cc1. The van der Waals surface area contributed by atoms with Crippen molar-refractivity contribution in [2.24, 2.45) is 0 Å². The zero-order valence-corrected chi connectivity index (χ0v) is 12.2. The van der Waals surface area contributed by atoms with Crippen molar-refractivity contribution in [3.63, 3.8) is 0 Å². The largest absolute Gasteiger partial charge is 0.283 e. The number of hydrogen-bond donors (Lipinski definition) is 1. The molecule has 0 radical (unpaired) electrons. The van der Waals surface area contributed by atoms with Crippen molar-refractivity contribution in [1.29, 1.82) is 5.26 Å². The maximum absolute atomic E-state index is 13.0. The van der Waals surface area contributed by atoms with Gasteiger partial charge in [-0.3, -0.25) is 4.72 Å². The number of benzene rings is 2. The second-order valence-electron chi connectivity index (χ2n) is 4.30. The third kappa shape index (κ3) is 4.18. The lowest BCUT2D eigenvalue weighted by molar-refractivity contribution is 0.600. The average Bonchev–Trinajstić information content (AvgIpc) is 2.43. The Labute approximate surface area is 126 Å². The summed E-state index contributed by atoms with van der Waals surface area (Å²) in [6.45, 7) is 0. The average molecular weight is 325 g/mol. The van der Waals surface area contributed by atoms with Gasteiger partial charge in [0.1, 0.15) is 5.82 Å². The number of nitrogens with one attached hydrogen (secondary N) is 1. The van der Waals surface area contributed by atoms with Crippen molar-refractivity contribution in [2.75, 3.05) is 4.72 Å². The van der Waals surface area contributed by atoms with Gasteiger partial charge in [0.05, 0.1) is 28.1 Å². The molecule has 0 aliphatic heterocycles. The van der Waals surface area contributed by atoms with Gasteiger partial charge in [0.15, 0.2) is 0 Å². The predicted molar refractivity (Wildman–Crippen MR) is 78.8 cm³/mol. The third-order valence-corrected chi connectivity index (χ3v) is 4.18. The third-order valence-electron chi connectivity index (χ3n) is 2.63. The number of nitriles is 1. The van der Waals surface area contributed by atoms with E-state index >= 15 is 0 Å². The van der Waals surface area contributed by atoms with E-state index in [1.807, 2.05) is 6.07 Å². The molecule has 0 aliphatic carbocycles. The Morgan fingerprint density at radius 1 is 1.19 bits per heavy atom. The minimum Gasteiger partial charge on any atom is -0.283 e. The van der Waals surface area contributed by atoms with E-state index in [1.165, 1.54) is 12.1 Å². The summed E-state index contributed by atoms with van der Waals surface area (Å²) in [6, 6.07) is 11.7. The van der Waals surface area contributed by atoms with Crippen molar-refractivity contribution in [2.45, 2.75) is 5.75 Å². The minimum absolute atomic E-state index is 0.159. The van der Waals surface area contributed by atoms with Crippen molar-refractivity contribution in [3.05, 3.63) is 64.4 Å². The summed E-state index contributed by atoms with van der Waals surface area (Å²) in [5, 5.41) is 8.52. The van der Waals surface area contributed by atoms with E-state index < -0.39 is 15.8 Å². The molecule has 0 bridgehead atoms. The maximum Gasteiger partial charge on any atom is 0.236 e. The number of halogens is 2. The summed E-state index contributed by atoms with van der Waals surface area (Å²) in [7, 11) is -3.65. The van der Waals surface area contributed by atoms with Gasteiger partial charge in [0.25, 0.3) is 0 Å². The van der Waals surface area contributed by atoms with Gasteiger partial charge in [0.2, 0.25) is 10.0 Å².